The van der Waals surface area contributed by atoms with Crippen LogP contribution in [0.2, 0.25) is 0 Å². The molecule has 1 rings (SSSR count). The van der Waals surface area contributed by atoms with Crippen LogP contribution >= 0.6 is 15.9 Å². The molecule has 5 nitrogen and oxygen atoms in total. The van der Waals surface area contributed by atoms with Crippen molar-refractivity contribution in [2.75, 3.05) is 23.7 Å². The van der Waals surface area contributed by atoms with Crippen LogP contribution in [0.4, 0.5) is 5.69 Å². The highest BCUT2D eigenvalue weighted by Crippen LogP contribution is 2.18. The van der Waals surface area contributed by atoms with Crippen molar-refractivity contribution in [3.8, 4) is 0 Å². The fourth-order valence-electron chi connectivity index (χ4n) is 1.73. The van der Waals surface area contributed by atoms with Gasteiger partial charge in [0.05, 0.1) is 4.90 Å². The molecule has 0 aromatic heterocycles. The number of sulfonamides is 1. The molecule has 1 aromatic carbocycles. The largest absolute Gasteiger partial charge is 0.326 e. The molecule has 0 fully saturated rings. The van der Waals surface area contributed by atoms with E-state index in [-0.39, 0.29) is 10.8 Å². The zero-order chi connectivity index (χ0) is 15.2. The van der Waals surface area contributed by atoms with Gasteiger partial charge >= 0.3 is 0 Å². The third-order valence-electron chi connectivity index (χ3n) is 2.80. The molecule has 0 radical (unpaired) electrons. The Morgan fingerprint density at radius 2 is 1.75 bits per heavy atom. The molecule has 0 aliphatic heterocycles. The molecule has 0 spiro atoms. The van der Waals surface area contributed by atoms with E-state index in [4.69, 9.17) is 0 Å². The zero-order valence-electron chi connectivity index (χ0n) is 11.6. The van der Waals surface area contributed by atoms with Crippen molar-refractivity contribution in [3.05, 3.63) is 24.3 Å². The SMILES string of the molecule is CCN(CC)S(=O)(=O)c1ccc(NC(=O)CCBr)cc1. The molecule has 0 heterocycles. The average Bonchev–Trinajstić information content (AvgIpc) is 2.40. The molecule has 20 heavy (non-hydrogen) atoms. The van der Waals surface area contributed by atoms with Crippen molar-refractivity contribution in [1.82, 2.24) is 4.31 Å². The molecule has 0 atom stereocenters. The number of alkyl halides is 1. The van der Waals surface area contributed by atoms with E-state index >= 15 is 0 Å². The minimum atomic E-state index is -3.44. The molecule has 0 saturated heterocycles. The second kappa shape index (κ2) is 7.75. The van der Waals surface area contributed by atoms with Gasteiger partial charge < -0.3 is 5.32 Å². The lowest BCUT2D eigenvalue weighted by atomic mass is 10.3. The first-order valence-electron chi connectivity index (χ1n) is 6.41. The molecule has 1 amide bonds. The second-order valence-electron chi connectivity index (χ2n) is 4.10. The Balaban J connectivity index is 2.88. The summed E-state index contributed by atoms with van der Waals surface area (Å²) in [5.41, 5.74) is 0.592. The van der Waals surface area contributed by atoms with Crippen LogP contribution in [-0.2, 0) is 14.8 Å². The maximum Gasteiger partial charge on any atom is 0.243 e. The standard InChI is InChI=1S/C13H19BrN2O3S/c1-3-16(4-2)20(18,19)12-7-5-11(6-8-12)15-13(17)9-10-14/h5-8H,3-4,9-10H2,1-2H3,(H,15,17). The summed E-state index contributed by atoms with van der Waals surface area (Å²) in [6.07, 6.45) is 0.375. The molecule has 0 saturated carbocycles. The van der Waals surface area contributed by atoms with E-state index in [1.807, 2.05) is 0 Å². The summed E-state index contributed by atoms with van der Waals surface area (Å²) in [7, 11) is -3.44. The fraction of sp³-hybridized carbons (Fsp3) is 0.462. The summed E-state index contributed by atoms with van der Waals surface area (Å²) in [6.45, 7) is 4.47. The minimum Gasteiger partial charge on any atom is -0.326 e. The highest BCUT2D eigenvalue weighted by molar-refractivity contribution is 9.09. The quantitative estimate of drug-likeness (QED) is 0.757. The van der Waals surface area contributed by atoms with E-state index in [2.05, 4.69) is 21.2 Å². The normalized spacial score (nSPS) is 11.6. The molecule has 0 aliphatic carbocycles. The number of halogens is 1. The number of rotatable bonds is 7. The summed E-state index contributed by atoms with van der Waals surface area (Å²) in [5, 5.41) is 3.29. The summed E-state index contributed by atoms with van der Waals surface area (Å²) >= 11 is 3.19. The van der Waals surface area contributed by atoms with Crippen LogP contribution in [-0.4, -0.2) is 37.0 Å². The van der Waals surface area contributed by atoms with Crippen molar-refractivity contribution >= 4 is 37.5 Å². The Bertz CT molecular complexity index is 539. The van der Waals surface area contributed by atoms with E-state index < -0.39 is 10.0 Å². The van der Waals surface area contributed by atoms with Gasteiger partial charge in [0.2, 0.25) is 15.9 Å². The Labute approximate surface area is 128 Å². The number of hydrogen-bond acceptors (Lipinski definition) is 3. The van der Waals surface area contributed by atoms with Crippen molar-refractivity contribution in [1.29, 1.82) is 0 Å². The van der Waals surface area contributed by atoms with Crippen molar-refractivity contribution in [2.45, 2.75) is 25.2 Å². The van der Waals surface area contributed by atoms with E-state index in [1.165, 1.54) is 16.4 Å². The van der Waals surface area contributed by atoms with E-state index in [0.717, 1.165) is 0 Å². The van der Waals surface area contributed by atoms with Crippen LogP contribution in [0.3, 0.4) is 0 Å². The van der Waals surface area contributed by atoms with Gasteiger partial charge in [0.15, 0.2) is 0 Å². The van der Waals surface area contributed by atoms with Crippen molar-refractivity contribution in [3.63, 3.8) is 0 Å². The van der Waals surface area contributed by atoms with Gasteiger partial charge in [-0.15, -0.1) is 0 Å². The zero-order valence-corrected chi connectivity index (χ0v) is 14.0. The van der Waals surface area contributed by atoms with Crippen LogP contribution in [0.25, 0.3) is 0 Å². The number of nitrogens with one attached hydrogen (secondary N) is 1. The number of anilines is 1. The highest BCUT2D eigenvalue weighted by atomic mass is 79.9. The van der Waals surface area contributed by atoms with Gasteiger partial charge in [0, 0.05) is 30.5 Å². The highest BCUT2D eigenvalue weighted by Gasteiger charge is 2.21. The van der Waals surface area contributed by atoms with Gasteiger partial charge in [0.25, 0.3) is 0 Å². The van der Waals surface area contributed by atoms with Gasteiger partial charge in [0.1, 0.15) is 0 Å². The number of amides is 1. The lowest BCUT2D eigenvalue weighted by Crippen LogP contribution is -2.30. The first-order chi connectivity index (χ1) is 9.45. The van der Waals surface area contributed by atoms with Gasteiger partial charge in [-0.2, -0.15) is 4.31 Å². The van der Waals surface area contributed by atoms with Crippen LogP contribution in [0.15, 0.2) is 29.2 Å². The first-order valence-corrected chi connectivity index (χ1v) is 8.97. The van der Waals surface area contributed by atoms with E-state index in [9.17, 15) is 13.2 Å². The molecule has 1 N–H and O–H groups in total. The van der Waals surface area contributed by atoms with E-state index in [0.29, 0.717) is 30.5 Å². The van der Waals surface area contributed by atoms with Gasteiger partial charge in [-0.3, -0.25) is 4.79 Å². The fourth-order valence-corrected chi connectivity index (χ4v) is 3.55. The number of nitrogens with zero attached hydrogens (tertiary/aromatic N) is 1. The van der Waals surface area contributed by atoms with Crippen LogP contribution in [0, 0.1) is 0 Å². The molecule has 112 valence electrons. The monoisotopic (exact) mass is 362 g/mol. The molecule has 0 bridgehead atoms. The second-order valence-corrected chi connectivity index (χ2v) is 6.83. The minimum absolute atomic E-state index is 0.110. The number of hydrogen-bond donors (Lipinski definition) is 1. The predicted molar refractivity (Wildman–Crippen MR) is 83.6 cm³/mol. The Morgan fingerprint density at radius 1 is 1.20 bits per heavy atom. The molecule has 1 aromatic rings. The lowest BCUT2D eigenvalue weighted by molar-refractivity contribution is -0.115. The number of carbonyl (C=O) groups excluding carboxylic acids is 1. The van der Waals surface area contributed by atoms with Crippen LogP contribution in [0.1, 0.15) is 20.3 Å². The molecule has 0 aliphatic rings. The summed E-state index contributed by atoms with van der Waals surface area (Å²) in [6, 6.07) is 6.22. The topological polar surface area (TPSA) is 66.5 Å². The van der Waals surface area contributed by atoms with Gasteiger partial charge in [-0.25, -0.2) is 8.42 Å². The van der Waals surface area contributed by atoms with E-state index in [1.54, 1.807) is 26.0 Å². The molecule has 0 unspecified atom stereocenters. The lowest BCUT2D eigenvalue weighted by Gasteiger charge is -2.18. The summed E-state index contributed by atoms with van der Waals surface area (Å²) in [4.78, 5) is 11.7. The average molecular weight is 363 g/mol. The number of benzene rings is 1. The first kappa shape index (κ1) is 17.1. The Hall–Kier alpha value is -0.920. The smallest absolute Gasteiger partial charge is 0.243 e. The summed E-state index contributed by atoms with van der Waals surface area (Å²) < 4.78 is 25.9. The van der Waals surface area contributed by atoms with Crippen molar-refractivity contribution < 1.29 is 13.2 Å². The maximum atomic E-state index is 12.3. The molecular weight excluding hydrogens is 344 g/mol. The van der Waals surface area contributed by atoms with Gasteiger partial charge in [-0.05, 0) is 24.3 Å². The maximum absolute atomic E-state index is 12.3. The van der Waals surface area contributed by atoms with Crippen LogP contribution < -0.4 is 5.32 Å². The molecular formula is C13H19BrN2O3S. The van der Waals surface area contributed by atoms with Crippen LogP contribution in [0.5, 0.6) is 0 Å². The summed E-state index contributed by atoms with van der Waals surface area (Å²) in [5.74, 6) is -0.110. The predicted octanol–water partition coefficient (Wildman–Crippen LogP) is 2.44. The Morgan fingerprint density at radius 3 is 2.20 bits per heavy atom. The molecule has 7 heteroatoms. The number of carbonyl (C=O) groups is 1. The third kappa shape index (κ3) is 4.29. The van der Waals surface area contributed by atoms with Crippen molar-refractivity contribution in [2.24, 2.45) is 0 Å². The van der Waals surface area contributed by atoms with Gasteiger partial charge in [-0.1, -0.05) is 29.8 Å². The third-order valence-corrected chi connectivity index (χ3v) is 5.26. The Kier molecular flexibility index (Phi) is 6.64.